The van der Waals surface area contributed by atoms with Crippen molar-refractivity contribution in [1.29, 1.82) is 0 Å². The van der Waals surface area contributed by atoms with Gasteiger partial charge in [0.1, 0.15) is 18.2 Å². The van der Waals surface area contributed by atoms with Gasteiger partial charge in [-0.2, -0.15) is 0 Å². The van der Waals surface area contributed by atoms with Crippen LogP contribution in [0.5, 0.6) is 0 Å². The van der Waals surface area contributed by atoms with Crippen molar-refractivity contribution in [2.45, 2.75) is 26.9 Å². The second-order valence-electron chi connectivity index (χ2n) is 4.63. The molecular weight excluding hydrogens is 269 g/mol. The number of hydrogen-bond acceptors (Lipinski definition) is 4. The van der Waals surface area contributed by atoms with Crippen molar-refractivity contribution in [1.82, 2.24) is 9.97 Å². The molecule has 0 radical (unpaired) electrons. The molecule has 0 atom stereocenters. The highest BCUT2D eigenvalue weighted by atomic mass is 19.1. The molecule has 0 unspecified atom stereocenters. The zero-order chi connectivity index (χ0) is 15.1. The quantitative estimate of drug-likeness (QED) is 0.845. The van der Waals surface area contributed by atoms with Gasteiger partial charge in [-0.3, -0.25) is 0 Å². The fraction of sp³-hybridized carbons (Fsp3) is 0.375. The van der Waals surface area contributed by atoms with Gasteiger partial charge in [0.2, 0.25) is 0 Å². The summed E-state index contributed by atoms with van der Waals surface area (Å²) in [7, 11) is 0. The Morgan fingerprint density at radius 2 is 1.90 bits per heavy atom. The molecule has 112 valence electrons. The third-order valence-corrected chi connectivity index (χ3v) is 2.90. The Morgan fingerprint density at radius 3 is 2.57 bits per heavy atom. The van der Waals surface area contributed by atoms with Gasteiger partial charge in [0.05, 0.1) is 5.69 Å². The van der Waals surface area contributed by atoms with Crippen LogP contribution < -0.4 is 5.32 Å². The molecule has 2 aromatic rings. The van der Waals surface area contributed by atoms with Crippen LogP contribution in [0.15, 0.2) is 30.3 Å². The molecule has 0 amide bonds. The molecule has 1 N–H and O–H groups in total. The highest BCUT2D eigenvalue weighted by molar-refractivity contribution is 5.62. The molecule has 0 saturated carbocycles. The molecule has 0 bridgehead atoms. The summed E-state index contributed by atoms with van der Waals surface area (Å²) >= 11 is 0. The average Bonchev–Trinajstić information content (AvgIpc) is 2.51. The van der Waals surface area contributed by atoms with Crippen LogP contribution in [0.2, 0.25) is 0 Å². The minimum absolute atomic E-state index is 0.258. The fourth-order valence-corrected chi connectivity index (χ4v) is 1.87. The van der Waals surface area contributed by atoms with Crippen LogP contribution in [0.3, 0.4) is 0 Å². The Balaban J connectivity index is 2.31. The summed E-state index contributed by atoms with van der Waals surface area (Å²) in [5.74, 6) is 1.13. The second-order valence-corrected chi connectivity index (χ2v) is 4.63. The van der Waals surface area contributed by atoms with Gasteiger partial charge in [-0.15, -0.1) is 0 Å². The summed E-state index contributed by atoms with van der Waals surface area (Å²) < 4.78 is 18.4. The largest absolute Gasteiger partial charge is 0.374 e. The minimum Gasteiger partial charge on any atom is -0.374 e. The number of benzene rings is 1. The normalized spacial score (nSPS) is 10.6. The van der Waals surface area contributed by atoms with Crippen molar-refractivity contribution < 1.29 is 9.13 Å². The van der Waals surface area contributed by atoms with Gasteiger partial charge in [-0.1, -0.05) is 6.92 Å². The third-order valence-electron chi connectivity index (χ3n) is 2.90. The van der Waals surface area contributed by atoms with E-state index in [1.165, 1.54) is 12.1 Å². The van der Waals surface area contributed by atoms with Crippen molar-refractivity contribution in [3.8, 4) is 11.3 Å². The van der Waals surface area contributed by atoms with Crippen molar-refractivity contribution in [3.63, 3.8) is 0 Å². The number of aromatic nitrogens is 2. The van der Waals surface area contributed by atoms with E-state index in [1.54, 1.807) is 12.1 Å². The number of nitrogens with one attached hydrogen (secondary N) is 1. The van der Waals surface area contributed by atoms with Crippen molar-refractivity contribution >= 4 is 5.82 Å². The van der Waals surface area contributed by atoms with Gasteiger partial charge in [0, 0.05) is 24.8 Å². The Bertz CT molecular complexity index is 546. The summed E-state index contributed by atoms with van der Waals surface area (Å²) in [6, 6.07) is 8.16. The topological polar surface area (TPSA) is 47.0 Å². The maximum absolute atomic E-state index is 13.0. The number of anilines is 1. The maximum Gasteiger partial charge on any atom is 0.157 e. The lowest BCUT2D eigenvalue weighted by molar-refractivity contribution is 0.128. The van der Waals surface area contributed by atoms with Crippen LogP contribution in [0, 0.1) is 5.82 Å². The number of rotatable bonds is 7. The van der Waals surface area contributed by atoms with Crippen LogP contribution in [-0.2, 0) is 11.3 Å². The fourth-order valence-electron chi connectivity index (χ4n) is 1.87. The van der Waals surface area contributed by atoms with E-state index in [1.807, 2.05) is 13.0 Å². The van der Waals surface area contributed by atoms with E-state index < -0.39 is 0 Å². The zero-order valence-electron chi connectivity index (χ0n) is 12.4. The summed E-state index contributed by atoms with van der Waals surface area (Å²) in [5.41, 5.74) is 1.62. The molecular formula is C16H20FN3O. The van der Waals surface area contributed by atoms with Crippen LogP contribution >= 0.6 is 0 Å². The number of hydrogen-bond donors (Lipinski definition) is 1. The molecule has 0 aliphatic rings. The molecule has 0 aliphatic carbocycles. The first kappa shape index (κ1) is 15.4. The zero-order valence-corrected chi connectivity index (χ0v) is 12.4. The van der Waals surface area contributed by atoms with Gasteiger partial charge in [0.15, 0.2) is 5.82 Å². The van der Waals surface area contributed by atoms with Crippen molar-refractivity contribution in [2.24, 2.45) is 0 Å². The van der Waals surface area contributed by atoms with E-state index >= 15 is 0 Å². The van der Waals surface area contributed by atoms with Crippen LogP contribution in [0.25, 0.3) is 11.3 Å². The molecule has 4 nitrogen and oxygen atoms in total. The summed E-state index contributed by atoms with van der Waals surface area (Å²) in [6.07, 6.45) is 1.01. The second kappa shape index (κ2) is 7.69. The van der Waals surface area contributed by atoms with Crippen LogP contribution in [-0.4, -0.2) is 23.1 Å². The average molecular weight is 289 g/mol. The minimum atomic E-state index is -0.258. The predicted octanol–water partition coefficient (Wildman–Crippen LogP) is 3.64. The summed E-state index contributed by atoms with van der Waals surface area (Å²) in [6.45, 7) is 5.85. The number of ether oxygens (including phenoxy) is 1. The van der Waals surface area contributed by atoms with Crippen molar-refractivity contribution in [3.05, 3.63) is 42.0 Å². The Kier molecular flexibility index (Phi) is 5.63. The van der Waals surface area contributed by atoms with Gasteiger partial charge in [0.25, 0.3) is 0 Å². The van der Waals surface area contributed by atoms with Gasteiger partial charge in [-0.05, 0) is 37.6 Å². The lowest BCUT2D eigenvalue weighted by atomic mass is 10.1. The highest BCUT2D eigenvalue weighted by Crippen LogP contribution is 2.20. The van der Waals surface area contributed by atoms with E-state index in [-0.39, 0.29) is 5.82 Å². The molecule has 0 spiro atoms. The summed E-state index contributed by atoms with van der Waals surface area (Å²) in [5, 5.41) is 3.25. The van der Waals surface area contributed by atoms with Crippen molar-refractivity contribution in [2.75, 3.05) is 18.5 Å². The van der Waals surface area contributed by atoms with Gasteiger partial charge < -0.3 is 10.1 Å². The van der Waals surface area contributed by atoms with Gasteiger partial charge >= 0.3 is 0 Å². The summed E-state index contributed by atoms with van der Waals surface area (Å²) in [4.78, 5) is 8.91. The van der Waals surface area contributed by atoms with E-state index in [0.717, 1.165) is 30.0 Å². The van der Waals surface area contributed by atoms with E-state index in [9.17, 15) is 4.39 Å². The third kappa shape index (κ3) is 4.49. The highest BCUT2D eigenvalue weighted by Gasteiger charge is 2.07. The molecule has 0 saturated heterocycles. The standard InChI is InChI=1S/C16H20FN3O/c1-3-9-18-15-10-14(12-5-7-13(17)8-6-12)19-16(20-15)11-21-4-2/h5-8,10H,3-4,9,11H2,1-2H3,(H,18,19,20). The monoisotopic (exact) mass is 289 g/mol. The smallest absolute Gasteiger partial charge is 0.157 e. The Labute approximate surface area is 124 Å². The lowest BCUT2D eigenvalue weighted by Crippen LogP contribution is -2.07. The number of halogens is 1. The molecule has 5 heteroatoms. The maximum atomic E-state index is 13.0. The van der Waals surface area contributed by atoms with E-state index in [2.05, 4.69) is 22.2 Å². The molecule has 0 fully saturated rings. The lowest BCUT2D eigenvalue weighted by Gasteiger charge is -2.10. The van der Waals surface area contributed by atoms with Crippen LogP contribution in [0.1, 0.15) is 26.1 Å². The Hall–Kier alpha value is -2.01. The first-order chi connectivity index (χ1) is 10.2. The molecule has 1 aromatic carbocycles. The molecule has 1 aromatic heterocycles. The Morgan fingerprint density at radius 1 is 1.14 bits per heavy atom. The molecule has 1 heterocycles. The van der Waals surface area contributed by atoms with E-state index in [4.69, 9.17) is 4.74 Å². The molecule has 0 aliphatic heterocycles. The van der Waals surface area contributed by atoms with Gasteiger partial charge in [-0.25, -0.2) is 14.4 Å². The SMILES string of the molecule is CCCNc1cc(-c2ccc(F)cc2)nc(COCC)n1. The molecule has 21 heavy (non-hydrogen) atoms. The predicted molar refractivity (Wildman–Crippen MR) is 81.5 cm³/mol. The molecule has 2 rings (SSSR count). The first-order valence-corrected chi connectivity index (χ1v) is 7.18. The number of nitrogens with zero attached hydrogens (tertiary/aromatic N) is 2. The van der Waals surface area contributed by atoms with E-state index in [0.29, 0.717) is 19.0 Å². The first-order valence-electron chi connectivity index (χ1n) is 7.18. The van der Waals surface area contributed by atoms with Crippen LogP contribution in [0.4, 0.5) is 10.2 Å².